The molecule has 160 valence electrons. The molecule has 0 aromatic heterocycles. The van der Waals surface area contributed by atoms with Gasteiger partial charge in [0, 0.05) is 38.9 Å². The van der Waals surface area contributed by atoms with Gasteiger partial charge in [-0.25, -0.2) is 8.78 Å². The summed E-state index contributed by atoms with van der Waals surface area (Å²) in [5, 5.41) is 2.71. The van der Waals surface area contributed by atoms with Gasteiger partial charge in [-0.15, -0.1) is 0 Å². The van der Waals surface area contributed by atoms with Crippen LogP contribution in [0.5, 0.6) is 0 Å². The van der Waals surface area contributed by atoms with Crippen LogP contribution in [0, 0.1) is 17.6 Å². The number of benzene rings is 1. The average Bonchev–Trinajstić information content (AvgIpc) is 2.73. The van der Waals surface area contributed by atoms with Crippen LogP contribution in [0.1, 0.15) is 50.5 Å². The molecule has 1 aromatic rings. The second-order valence-corrected chi connectivity index (χ2v) is 7.34. The lowest BCUT2D eigenvalue weighted by atomic mass is 9.93. The predicted octanol–water partition coefficient (Wildman–Crippen LogP) is 2.94. The number of amides is 2. The molecule has 0 aliphatic carbocycles. The topological polar surface area (TPSA) is 75.7 Å². The summed E-state index contributed by atoms with van der Waals surface area (Å²) in [6.45, 7) is 1.47. The highest BCUT2D eigenvalue weighted by Gasteiger charge is 2.24. The third kappa shape index (κ3) is 7.79. The Hall–Kier alpha value is -2.51. The third-order valence-electron chi connectivity index (χ3n) is 5.12. The number of likely N-dealkylation sites (tertiary alicyclic amines) is 1. The number of piperidine rings is 1. The zero-order chi connectivity index (χ0) is 21.2. The molecular formula is C21H28F2N2O4. The van der Waals surface area contributed by atoms with Crippen molar-refractivity contribution in [3.8, 4) is 0 Å². The minimum Gasteiger partial charge on any atom is -0.469 e. The average molecular weight is 410 g/mol. The van der Waals surface area contributed by atoms with Crippen molar-refractivity contribution < 1.29 is 27.9 Å². The van der Waals surface area contributed by atoms with Crippen LogP contribution in [0.4, 0.5) is 8.78 Å². The molecule has 1 fully saturated rings. The first-order valence-corrected chi connectivity index (χ1v) is 9.94. The van der Waals surface area contributed by atoms with Crippen molar-refractivity contribution in [3.05, 3.63) is 35.4 Å². The Kier molecular flexibility index (Phi) is 9.02. The van der Waals surface area contributed by atoms with Gasteiger partial charge >= 0.3 is 5.97 Å². The Morgan fingerprint density at radius 3 is 2.69 bits per heavy atom. The van der Waals surface area contributed by atoms with Gasteiger partial charge in [0.25, 0.3) is 0 Å². The maximum absolute atomic E-state index is 13.2. The van der Waals surface area contributed by atoms with E-state index in [4.69, 9.17) is 0 Å². The molecule has 29 heavy (non-hydrogen) atoms. The summed E-state index contributed by atoms with van der Waals surface area (Å²) in [6, 6.07) is 3.54. The molecule has 0 spiro atoms. The molecule has 2 amide bonds. The van der Waals surface area contributed by atoms with Crippen LogP contribution >= 0.6 is 0 Å². The van der Waals surface area contributed by atoms with Crippen LogP contribution in [-0.4, -0.2) is 42.9 Å². The fourth-order valence-electron chi connectivity index (χ4n) is 3.45. The van der Waals surface area contributed by atoms with Crippen LogP contribution in [-0.2, 0) is 25.7 Å². The Morgan fingerprint density at radius 1 is 1.17 bits per heavy atom. The number of nitrogens with zero attached hydrogens (tertiary/aromatic N) is 1. The van der Waals surface area contributed by atoms with Gasteiger partial charge in [0.15, 0.2) is 11.6 Å². The van der Waals surface area contributed by atoms with E-state index in [1.165, 1.54) is 13.2 Å². The molecule has 1 N–H and O–H groups in total. The summed E-state index contributed by atoms with van der Waals surface area (Å²) in [5.41, 5.74) is 0.499. The summed E-state index contributed by atoms with van der Waals surface area (Å²) in [4.78, 5) is 37.3. The molecule has 2 rings (SSSR count). The van der Waals surface area contributed by atoms with Crippen molar-refractivity contribution in [2.75, 3.05) is 20.2 Å². The van der Waals surface area contributed by atoms with Gasteiger partial charge < -0.3 is 15.0 Å². The molecule has 1 aliphatic rings. The molecule has 1 atom stereocenters. The lowest BCUT2D eigenvalue weighted by molar-refractivity contribution is -0.141. The van der Waals surface area contributed by atoms with Crippen molar-refractivity contribution in [1.29, 1.82) is 0 Å². The number of methoxy groups -OCH3 is 1. The van der Waals surface area contributed by atoms with E-state index in [2.05, 4.69) is 10.1 Å². The lowest BCUT2D eigenvalue weighted by Gasteiger charge is -2.33. The Morgan fingerprint density at radius 2 is 1.97 bits per heavy atom. The summed E-state index contributed by atoms with van der Waals surface area (Å²) < 4.78 is 30.7. The second-order valence-electron chi connectivity index (χ2n) is 7.34. The van der Waals surface area contributed by atoms with E-state index >= 15 is 0 Å². The molecule has 0 unspecified atom stereocenters. The van der Waals surface area contributed by atoms with Crippen molar-refractivity contribution in [2.24, 2.45) is 5.92 Å². The van der Waals surface area contributed by atoms with Crippen LogP contribution in [0.2, 0.25) is 0 Å². The SMILES string of the molecule is COC(=O)CCCC(=O)N1CCC[C@H](CCC(=O)NCc2ccc(F)c(F)c2)C1. The quantitative estimate of drug-likeness (QED) is 0.635. The summed E-state index contributed by atoms with van der Waals surface area (Å²) in [6.07, 6.45) is 3.85. The number of rotatable bonds is 9. The first kappa shape index (κ1) is 22.8. The maximum atomic E-state index is 13.2. The van der Waals surface area contributed by atoms with Gasteiger partial charge in [0.1, 0.15) is 0 Å². The number of carbonyl (C=O) groups excluding carboxylic acids is 3. The van der Waals surface area contributed by atoms with E-state index in [-0.39, 0.29) is 36.7 Å². The first-order valence-electron chi connectivity index (χ1n) is 9.94. The fourth-order valence-corrected chi connectivity index (χ4v) is 3.45. The molecule has 0 bridgehead atoms. The van der Waals surface area contributed by atoms with E-state index in [9.17, 15) is 23.2 Å². The molecule has 1 aromatic carbocycles. The van der Waals surface area contributed by atoms with Crippen molar-refractivity contribution in [3.63, 3.8) is 0 Å². The molecule has 8 heteroatoms. The predicted molar refractivity (Wildman–Crippen MR) is 103 cm³/mol. The number of esters is 1. The van der Waals surface area contributed by atoms with Gasteiger partial charge in [-0.3, -0.25) is 14.4 Å². The zero-order valence-electron chi connectivity index (χ0n) is 16.7. The minimum atomic E-state index is -0.935. The van der Waals surface area contributed by atoms with Gasteiger partial charge in [-0.2, -0.15) is 0 Å². The fraction of sp³-hybridized carbons (Fsp3) is 0.571. The highest BCUT2D eigenvalue weighted by molar-refractivity contribution is 5.77. The minimum absolute atomic E-state index is 0.0291. The van der Waals surface area contributed by atoms with E-state index in [0.717, 1.165) is 25.0 Å². The number of ether oxygens (including phenoxy) is 1. The Labute approximate surface area is 169 Å². The molecule has 1 heterocycles. The molecule has 0 saturated carbocycles. The Balaban J connectivity index is 1.68. The van der Waals surface area contributed by atoms with E-state index in [1.807, 2.05) is 4.90 Å². The van der Waals surface area contributed by atoms with Gasteiger partial charge in [0.2, 0.25) is 11.8 Å². The van der Waals surface area contributed by atoms with E-state index in [1.54, 1.807) is 0 Å². The standard InChI is InChI=1S/C21H28F2N2O4/c1-29-21(28)6-2-5-20(27)25-11-3-4-15(14-25)8-10-19(26)24-13-16-7-9-17(22)18(23)12-16/h7,9,12,15H,2-6,8,10-11,13-14H2,1H3,(H,24,26)/t15-/m1/s1. The van der Waals surface area contributed by atoms with Crippen molar-refractivity contribution in [2.45, 2.75) is 51.5 Å². The normalized spacial score (nSPS) is 16.4. The third-order valence-corrected chi connectivity index (χ3v) is 5.12. The van der Waals surface area contributed by atoms with Crippen LogP contribution < -0.4 is 5.32 Å². The molecular weight excluding hydrogens is 382 g/mol. The maximum Gasteiger partial charge on any atom is 0.305 e. The van der Waals surface area contributed by atoms with Gasteiger partial charge in [0.05, 0.1) is 7.11 Å². The van der Waals surface area contributed by atoms with Crippen LogP contribution in [0.3, 0.4) is 0 Å². The van der Waals surface area contributed by atoms with Gasteiger partial charge in [-0.1, -0.05) is 6.07 Å². The molecule has 1 aliphatic heterocycles. The summed E-state index contributed by atoms with van der Waals surface area (Å²) >= 11 is 0. The number of halogens is 2. The van der Waals surface area contributed by atoms with Crippen LogP contribution in [0.15, 0.2) is 18.2 Å². The molecule has 0 radical (unpaired) electrons. The first-order chi connectivity index (χ1) is 13.9. The van der Waals surface area contributed by atoms with Gasteiger partial charge in [-0.05, 0) is 49.3 Å². The number of carbonyl (C=O) groups is 3. The smallest absolute Gasteiger partial charge is 0.305 e. The molecule has 6 nitrogen and oxygen atoms in total. The van der Waals surface area contributed by atoms with E-state index in [0.29, 0.717) is 44.3 Å². The lowest BCUT2D eigenvalue weighted by Crippen LogP contribution is -2.40. The zero-order valence-corrected chi connectivity index (χ0v) is 16.7. The highest BCUT2D eigenvalue weighted by Crippen LogP contribution is 2.22. The van der Waals surface area contributed by atoms with E-state index < -0.39 is 11.6 Å². The summed E-state index contributed by atoms with van der Waals surface area (Å²) in [7, 11) is 1.33. The largest absolute Gasteiger partial charge is 0.469 e. The molecule has 1 saturated heterocycles. The number of hydrogen-bond donors (Lipinski definition) is 1. The second kappa shape index (κ2) is 11.5. The Bertz CT molecular complexity index is 727. The number of nitrogens with one attached hydrogen (secondary N) is 1. The monoisotopic (exact) mass is 410 g/mol. The van der Waals surface area contributed by atoms with Crippen molar-refractivity contribution in [1.82, 2.24) is 10.2 Å². The van der Waals surface area contributed by atoms with Crippen LogP contribution in [0.25, 0.3) is 0 Å². The number of hydrogen-bond acceptors (Lipinski definition) is 4. The van der Waals surface area contributed by atoms with Crippen molar-refractivity contribution >= 4 is 17.8 Å². The summed E-state index contributed by atoms with van der Waals surface area (Å²) in [5.74, 6) is -2.04. The highest BCUT2D eigenvalue weighted by atomic mass is 19.2.